The third-order valence-electron chi connectivity index (χ3n) is 8.80. The highest BCUT2D eigenvalue weighted by molar-refractivity contribution is 6.37. The molecular weight excluding hydrogens is 416 g/mol. The Bertz CT molecular complexity index is 446. The zero-order chi connectivity index (χ0) is 23.4. The minimum absolute atomic E-state index is 0.0423. The van der Waals surface area contributed by atoms with Crippen LogP contribution in [0, 0.1) is 17.8 Å². The molecule has 1 nitrogen and oxygen atoms in total. The maximum atomic E-state index is 5.76. The number of allylic oxidation sites excluding steroid dienone is 2. The van der Waals surface area contributed by atoms with Gasteiger partial charge in [0.05, 0.1) is 9.52 Å². The lowest BCUT2D eigenvalue weighted by molar-refractivity contribution is 0.175. The first-order valence-electron chi connectivity index (χ1n) is 15.5. The van der Waals surface area contributed by atoms with Crippen LogP contribution >= 0.6 is 0 Å². The molecule has 2 fully saturated rings. The van der Waals surface area contributed by atoms with Crippen molar-refractivity contribution >= 4 is 9.52 Å². The molecule has 0 aromatic heterocycles. The number of ether oxygens (including phenoxy) is 1. The minimum Gasteiger partial charge on any atom is -0.385 e. The van der Waals surface area contributed by atoms with Gasteiger partial charge in [0.25, 0.3) is 0 Å². The lowest BCUT2D eigenvalue weighted by Crippen LogP contribution is -2.18. The molecule has 194 valence electrons. The van der Waals surface area contributed by atoms with E-state index in [4.69, 9.17) is 4.74 Å². The predicted octanol–water partition coefficient (Wildman–Crippen LogP) is 9.58. The third kappa shape index (κ3) is 14.8. The fraction of sp³-hybridized carbons (Fsp3) is 0.935. The highest BCUT2D eigenvalue weighted by Crippen LogP contribution is 2.37. The van der Waals surface area contributed by atoms with Crippen LogP contribution in [0.2, 0.25) is 5.54 Å². The number of unbranched alkanes of at least 4 members (excludes halogenated alkanes) is 6. The molecule has 0 aromatic rings. The molecule has 0 unspecified atom stereocenters. The van der Waals surface area contributed by atoms with Gasteiger partial charge in [-0.2, -0.15) is 0 Å². The fourth-order valence-corrected chi connectivity index (χ4v) is 8.16. The van der Waals surface area contributed by atoms with Crippen LogP contribution in [0.3, 0.4) is 0 Å². The summed E-state index contributed by atoms with van der Waals surface area (Å²) in [5.41, 5.74) is 1.10. The highest BCUT2D eigenvalue weighted by atomic mass is 28.2. The van der Waals surface area contributed by atoms with Crippen LogP contribution < -0.4 is 0 Å². The normalized spacial score (nSPS) is 26.6. The predicted molar refractivity (Wildman–Crippen MR) is 151 cm³/mol. The van der Waals surface area contributed by atoms with Crippen LogP contribution in [0.4, 0.5) is 0 Å². The quantitative estimate of drug-likeness (QED) is 0.102. The number of hydrogen-bond acceptors (Lipinski definition) is 1. The zero-order valence-corrected chi connectivity index (χ0v) is 24.3. The van der Waals surface area contributed by atoms with Gasteiger partial charge in [-0.1, -0.05) is 135 Å². The van der Waals surface area contributed by atoms with E-state index in [1.807, 2.05) is 0 Å². The Labute approximate surface area is 211 Å². The van der Waals surface area contributed by atoms with E-state index in [0.717, 1.165) is 36.1 Å². The number of rotatable bonds is 19. The lowest BCUT2D eigenvalue weighted by atomic mass is 9.77. The SMILES string of the molecule is CCCCC=CCCCCCC1CCC(CCCCC2CCC([SiH2]COCCC)CC2)CC1. The molecule has 0 atom stereocenters. The standard InChI is InChI=1S/C31H60OSi/c1-3-5-6-7-8-9-10-11-12-15-28-18-20-29(21-19-28)16-13-14-17-30-22-24-31(25-23-30)33-27-32-26-4-2/h7-8,28-31H,3-6,9-27,33H2,1-2H3. The molecular formula is C31H60OSi. The molecule has 0 spiro atoms. The van der Waals surface area contributed by atoms with Crippen molar-refractivity contribution < 1.29 is 4.74 Å². The summed E-state index contributed by atoms with van der Waals surface area (Å²) >= 11 is 0. The second kappa shape index (κ2) is 20.1. The maximum Gasteiger partial charge on any atom is 0.0547 e. The fourth-order valence-electron chi connectivity index (χ4n) is 6.41. The van der Waals surface area contributed by atoms with Crippen LogP contribution in [0.5, 0.6) is 0 Å². The summed E-state index contributed by atoms with van der Waals surface area (Å²) < 4.78 is 5.76. The van der Waals surface area contributed by atoms with Crippen molar-refractivity contribution in [2.24, 2.45) is 17.8 Å². The molecule has 0 radical (unpaired) electrons. The molecule has 0 heterocycles. The molecule has 2 rings (SSSR count). The van der Waals surface area contributed by atoms with Gasteiger partial charge in [0.15, 0.2) is 0 Å². The smallest absolute Gasteiger partial charge is 0.0547 e. The summed E-state index contributed by atoms with van der Waals surface area (Å²) in [6, 6.07) is 0. The van der Waals surface area contributed by atoms with Gasteiger partial charge < -0.3 is 4.74 Å². The lowest BCUT2D eigenvalue weighted by Gasteiger charge is -2.30. The van der Waals surface area contributed by atoms with Gasteiger partial charge in [-0.05, 0) is 49.0 Å². The summed E-state index contributed by atoms with van der Waals surface area (Å²) in [5, 5.41) is 0. The largest absolute Gasteiger partial charge is 0.385 e. The molecule has 0 aromatic carbocycles. The van der Waals surface area contributed by atoms with E-state index in [1.165, 1.54) is 122 Å². The van der Waals surface area contributed by atoms with E-state index in [0.29, 0.717) is 0 Å². The van der Waals surface area contributed by atoms with Crippen molar-refractivity contribution in [3.05, 3.63) is 12.2 Å². The molecule has 2 aliphatic carbocycles. The van der Waals surface area contributed by atoms with Crippen LogP contribution in [-0.2, 0) is 4.74 Å². The van der Waals surface area contributed by atoms with E-state index < -0.39 is 0 Å². The van der Waals surface area contributed by atoms with Crippen LogP contribution in [0.25, 0.3) is 0 Å². The summed E-state index contributed by atoms with van der Waals surface area (Å²) in [6.45, 7) is 5.48. The van der Waals surface area contributed by atoms with Gasteiger partial charge in [0, 0.05) is 12.8 Å². The number of hydrogen-bond donors (Lipinski definition) is 0. The van der Waals surface area contributed by atoms with Crippen molar-refractivity contribution in [1.29, 1.82) is 0 Å². The van der Waals surface area contributed by atoms with Gasteiger partial charge in [-0.25, -0.2) is 0 Å². The summed E-state index contributed by atoms with van der Waals surface area (Å²) in [7, 11) is 0.0423. The van der Waals surface area contributed by atoms with Gasteiger partial charge in [-0.3, -0.25) is 0 Å². The monoisotopic (exact) mass is 476 g/mol. The van der Waals surface area contributed by atoms with E-state index in [1.54, 1.807) is 12.8 Å². The van der Waals surface area contributed by atoms with Crippen molar-refractivity contribution in [3.8, 4) is 0 Å². The molecule has 0 bridgehead atoms. The first-order chi connectivity index (χ1) is 16.3. The second-order valence-corrected chi connectivity index (χ2v) is 13.9. The molecule has 2 saturated carbocycles. The highest BCUT2D eigenvalue weighted by Gasteiger charge is 2.22. The van der Waals surface area contributed by atoms with Crippen LogP contribution in [0.1, 0.15) is 149 Å². The van der Waals surface area contributed by atoms with Crippen molar-refractivity contribution in [2.75, 3.05) is 12.8 Å². The average Bonchev–Trinajstić information content (AvgIpc) is 2.85. The Balaban J connectivity index is 1.37. The average molecular weight is 477 g/mol. The minimum atomic E-state index is 0.0423. The molecule has 2 heteroatoms. The summed E-state index contributed by atoms with van der Waals surface area (Å²) in [4.78, 5) is 0. The summed E-state index contributed by atoms with van der Waals surface area (Å²) in [6.07, 6.45) is 36.7. The molecule has 0 saturated heterocycles. The molecule has 2 aliphatic rings. The van der Waals surface area contributed by atoms with E-state index in [-0.39, 0.29) is 9.52 Å². The molecule has 0 amide bonds. The van der Waals surface area contributed by atoms with Crippen molar-refractivity contribution in [2.45, 2.75) is 154 Å². The maximum absolute atomic E-state index is 5.76. The first kappa shape index (κ1) is 29.1. The van der Waals surface area contributed by atoms with E-state index in [2.05, 4.69) is 26.0 Å². The Kier molecular flexibility index (Phi) is 17.8. The van der Waals surface area contributed by atoms with Gasteiger partial charge >= 0.3 is 0 Å². The van der Waals surface area contributed by atoms with Crippen molar-refractivity contribution in [1.82, 2.24) is 0 Å². The Morgan fingerprint density at radius 2 is 1.12 bits per heavy atom. The Morgan fingerprint density at radius 3 is 1.67 bits per heavy atom. The van der Waals surface area contributed by atoms with E-state index in [9.17, 15) is 0 Å². The Hall–Kier alpha value is -0.0831. The molecule has 0 N–H and O–H groups in total. The topological polar surface area (TPSA) is 9.23 Å². The van der Waals surface area contributed by atoms with Crippen LogP contribution in [-0.4, -0.2) is 22.4 Å². The van der Waals surface area contributed by atoms with E-state index >= 15 is 0 Å². The second-order valence-electron chi connectivity index (χ2n) is 11.7. The van der Waals surface area contributed by atoms with Gasteiger partial charge in [-0.15, -0.1) is 0 Å². The Morgan fingerprint density at radius 1 is 0.606 bits per heavy atom. The van der Waals surface area contributed by atoms with Gasteiger partial charge in [0.1, 0.15) is 0 Å². The van der Waals surface area contributed by atoms with Crippen molar-refractivity contribution in [3.63, 3.8) is 0 Å². The van der Waals surface area contributed by atoms with Crippen LogP contribution in [0.15, 0.2) is 12.2 Å². The van der Waals surface area contributed by atoms with Gasteiger partial charge in [0.2, 0.25) is 0 Å². The third-order valence-corrected chi connectivity index (χ3v) is 11.0. The molecule has 0 aliphatic heterocycles. The zero-order valence-electron chi connectivity index (χ0n) is 22.8. The summed E-state index contributed by atoms with van der Waals surface area (Å²) in [5.74, 6) is 3.20. The molecule has 33 heavy (non-hydrogen) atoms. The first-order valence-corrected chi connectivity index (χ1v) is 17.4.